The largest absolute Gasteiger partial charge is 0.450 e. The smallest absolute Gasteiger partial charge is 0.409 e. The van der Waals surface area contributed by atoms with Crippen LogP contribution in [-0.4, -0.2) is 51.0 Å². The molecular formula is C16H27NO3Si. The van der Waals surface area contributed by atoms with Gasteiger partial charge >= 0.3 is 6.09 Å². The van der Waals surface area contributed by atoms with Crippen LogP contribution in [0.2, 0.25) is 19.6 Å². The Morgan fingerprint density at radius 2 is 2.19 bits per heavy atom. The van der Waals surface area contributed by atoms with E-state index in [0.29, 0.717) is 19.1 Å². The van der Waals surface area contributed by atoms with E-state index in [2.05, 4.69) is 31.1 Å². The van der Waals surface area contributed by atoms with Gasteiger partial charge in [0.25, 0.3) is 0 Å². The molecule has 2 rings (SSSR count). The van der Waals surface area contributed by atoms with Gasteiger partial charge in [0.2, 0.25) is 0 Å². The molecule has 0 aromatic heterocycles. The van der Waals surface area contributed by atoms with Crippen LogP contribution in [-0.2, 0) is 9.47 Å². The third kappa shape index (κ3) is 5.05. The Hall–Kier alpha value is -0.993. The maximum absolute atomic E-state index is 11.9. The topological polar surface area (TPSA) is 42.1 Å². The summed E-state index contributed by atoms with van der Waals surface area (Å²) in [4.78, 5) is 13.8. The van der Waals surface area contributed by atoms with Crippen molar-refractivity contribution in [1.82, 2.24) is 4.90 Å². The van der Waals surface area contributed by atoms with Gasteiger partial charge in [-0.15, -0.1) is 11.5 Å². The molecule has 0 saturated carbocycles. The van der Waals surface area contributed by atoms with Gasteiger partial charge < -0.3 is 14.4 Å². The lowest BCUT2D eigenvalue weighted by atomic mass is 9.87. The van der Waals surface area contributed by atoms with Crippen molar-refractivity contribution < 1.29 is 14.3 Å². The third-order valence-corrected chi connectivity index (χ3v) is 4.76. The number of nitrogens with zero attached hydrogens (tertiary/aromatic N) is 1. The lowest BCUT2D eigenvalue weighted by Gasteiger charge is -2.35. The molecule has 2 atom stereocenters. The fourth-order valence-electron chi connectivity index (χ4n) is 2.84. The molecule has 0 aromatic rings. The first kappa shape index (κ1) is 16.4. The normalized spacial score (nSPS) is 28.0. The Morgan fingerprint density at radius 3 is 2.76 bits per heavy atom. The van der Waals surface area contributed by atoms with Crippen molar-refractivity contribution >= 4 is 14.2 Å². The van der Waals surface area contributed by atoms with E-state index in [4.69, 9.17) is 9.47 Å². The molecule has 2 fully saturated rings. The summed E-state index contributed by atoms with van der Waals surface area (Å²) in [6.07, 6.45) is 2.81. The van der Waals surface area contributed by atoms with Crippen molar-refractivity contribution in [3.63, 3.8) is 0 Å². The molecule has 0 aliphatic carbocycles. The lowest BCUT2D eigenvalue weighted by molar-refractivity contribution is 0.0588. The third-order valence-electron chi connectivity index (χ3n) is 3.84. The number of ether oxygens (including phenoxy) is 2. The minimum atomic E-state index is -1.27. The van der Waals surface area contributed by atoms with Crippen LogP contribution in [0.15, 0.2) is 0 Å². The van der Waals surface area contributed by atoms with Gasteiger partial charge in [-0.05, 0) is 25.7 Å². The van der Waals surface area contributed by atoms with Crippen molar-refractivity contribution in [2.75, 3.05) is 26.3 Å². The first-order valence-corrected chi connectivity index (χ1v) is 11.4. The summed E-state index contributed by atoms with van der Waals surface area (Å²) in [5.41, 5.74) is 3.32. The molecule has 0 bridgehead atoms. The minimum Gasteiger partial charge on any atom is -0.450 e. The number of piperidine rings is 1. The van der Waals surface area contributed by atoms with Crippen LogP contribution in [0.25, 0.3) is 0 Å². The van der Waals surface area contributed by atoms with E-state index in [1.54, 1.807) is 0 Å². The molecule has 118 valence electrons. The average molecular weight is 309 g/mol. The number of carbonyl (C=O) groups is 1. The maximum Gasteiger partial charge on any atom is 0.409 e. The highest BCUT2D eigenvalue weighted by Gasteiger charge is 2.51. The van der Waals surface area contributed by atoms with Crippen molar-refractivity contribution in [3.8, 4) is 11.5 Å². The molecular weight excluding hydrogens is 282 g/mol. The van der Waals surface area contributed by atoms with E-state index in [1.807, 2.05) is 11.8 Å². The predicted molar refractivity (Wildman–Crippen MR) is 85.7 cm³/mol. The monoisotopic (exact) mass is 309 g/mol. The van der Waals surface area contributed by atoms with E-state index in [1.165, 1.54) is 0 Å². The summed E-state index contributed by atoms with van der Waals surface area (Å²) in [5.74, 6) is 3.80. The molecule has 2 heterocycles. The van der Waals surface area contributed by atoms with E-state index >= 15 is 0 Å². The van der Waals surface area contributed by atoms with Gasteiger partial charge in [-0.25, -0.2) is 4.79 Å². The number of hydrogen-bond acceptors (Lipinski definition) is 3. The van der Waals surface area contributed by atoms with Crippen LogP contribution >= 0.6 is 0 Å². The van der Waals surface area contributed by atoms with Gasteiger partial charge in [0.1, 0.15) is 13.7 Å². The van der Waals surface area contributed by atoms with Crippen LogP contribution in [0.3, 0.4) is 0 Å². The molecule has 4 nitrogen and oxygen atoms in total. The molecule has 21 heavy (non-hydrogen) atoms. The van der Waals surface area contributed by atoms with E-state index in [0.717, 1.165) is 32.4 Å². The predicted octanol–water partition coefficient (Wildman–Crippen LogP) is 2.89. The van der Waals surface area contributed by atoms with Crippen molar-refractivity contribution in [3.05, 3.63) is 0 Å². The van der Waals surface area contributed by atoms with Crippen LogP contribution in [0.1, 0.15) is 26.2 Å². The first-order chi connectivity index (χ1) is 9.84. The molecule has 0 unspecified atom stereocenters. The van der Waals surface area contributed by atoms with Gasteiger partial charge in [0.05, 0.1) is 19.8 Å². The summed E-state index contributed by atoms with van der Waals surface area (Å²) in [7, 11) is -1.27. The van der Waals surface area contributed by atoms with Crippen LogP contribution in [0, 0.1) is 17.4 Å². The van der Waals surface area contributed by atoms with E-state index in [9.17, 15) is 4.79 Å². The number of carbonyl (C=O) groups excluding carboxylic acids is 1. The Labute approximate surface area is 129 Å². The zero-order valence-electron chi connectivity index (χ0n) is 13.7. The Bertz CT molecular complexity index is 443. The highest BCUT2D eigenvalue weighted by molar-refractivity contribution is 6.83. The summed E-state index contributed by atoms with van der Waals surface area (Å²) in [5, 5.41) is 0. The summed E-state index contributed by atoms with van der Waals surface area (Å²) in [6.45, 7) is 11.3. The van der Waals surface area contributed by atoms with Crippen molar-refractivity contribution in [2.24, 2.45) is 5.92 Å². The standard InChI is InChI=1S/C16H27NO3Si/c1-5-19-15(18)17-11-14(10-16(12-17)13-20-16)8-6-7-9-21(2,3)4/h14H,5-6,8,10-13H2,1-4H3/t14-,16-/m0/s1. The second-order valence-electron chi connectivity index (χ2n) is 7.21. The lowest BCUT2D eigenvalue weighted by Crippen LogP contribution is -2.48. The summed E-state index contributed by atoms with van der Waals surface area (Å²) >= 11 is 0. The average Bonchev–Trinajstić information content (AvgIpc) is 3.12. The van der Waals surface area contributed by atoms with Gasteiger partial charge in [-0.1, -0.05) is 19.6 Å². The van der Waals surface area contributed by atoms with Crippen LogP contribution < -0.4 is 0 Å². The second-order valence-corrected chi connectivity index (χ2v) is 12.0. The SMILES string of the molecule is CCOC(=O)N1C[C@@H](CCC#C[Si](C)(C)C)C[C@@]2(CO2)C1. The molecule has 0 N–H and O–H groups in total. The van der Waals surface area contributed by atoms with Gasteiger partial charge in [0, 0.05) is 13.0 Å². The van der Waals surface area contributed by atoms with Crippen molar-refractivity contribution in [1.29, 1.82) is 0 Å². The highest BCUT2D eigenvalue weighted by atomic mass is 28.3. The second kappa shape index (κ2) is 6.41. The Balaban J connectivity index is 1.87. The molecule has 0 radical (unpaired) electrons. The first-order valence-electron chi connectivity index (χ1n) is 7.89. The Kier molecular flexibility index (Phi) is 5.00. The molecule has 2 aliphatic rings. The van der Waals surface area contributed by atoms with Crippen LogP contribution in [0.5, 0.6) is 0 Å². The maximum atomic E-state index is 11.9. The molecule has 5 heteroatoms. The summed E-state index contributed by atoms with van der Waals surface area (Å²) in [6, 6.07) is 0. The van der Waals surface area contributed by atoms with Crippen molar-refractivity contribution in [2.45, 2.75) is 51.4 Å². The fourth-order valence-corrected chi connectivity index (χ4v) is 3.50. The minimum absolute atomic E-state index is 0.0815. The summed E-state index contributed by atoms with van der Waals surface area (Å²) < 4.78 is 10.7. The molecule has 0 aromatic carbocycles. The number of hydrogen-bond donors (Lipinski definition) is 0. The van der Waals surface area contributed by atoms with Gasteiger partial charge in [-0.2, -0.15) is 0 Å². The highest BCUT2D eigenvalue weighted by Crippen LogP contribution is 2.40. The molecule has 1 amide bonds. The van der Waals surface area contributed by atoms with Gasteiger partial charge in [-0.3, -0.25) is 0 Å². The van der Waals surface area contributed by atoms with E-state index in [-0.39, 0.29) is 11.7 Å². The molecule has 2 saturated heterocycles. The fraction of sp³-hybridized carbons (Fsp3) is 0.812. The number of amides is 1. The number of epoxide rings is 1. The van der Waals surface area contributed by atoms with Gasteiger partial charge in [0.15, 0.2) is 0 Å². The van der Waals surface area contributed by atoms with E-state index < -0.39 is 8.07 Å². The Morgan fingerprint density at radius 1 is 1.48 bits per heavy atom. The quantitative estimate of drug-likeness (QED) is 0.457. The number of rotatable bonds is 3. The number of likely N-dealkylation sites (tertiary alicyclic amines) is 1. The zero-order chi connectivity index (χ0) is 15.5. The zero-order valence-corrected chi connectivity index (χ0v) is 14.7. The van der Waals surface area contributed by atoms with Crippen LogP contribution in [0.4, 0.5) is 4.79 Å². The molecule has 1 spiro atoms. The molecule has 2 aliphatic heterocycles.